The molecule has 1 saturated carbocycles. The number of hydrogen-bond acceptors (Lipinski definition) is 3. The van der Waals surface area contributed by atoms with Crippen LogP contribution < -0.4 is 10.1 Å². The summed E-state index contributed by atoms with van der Waals surface area (Å²) in [6, 6.07) is 6.28. The van der Waals surface area contributed by atoms with Crippen LogP contribution >= 0.6 is 0 Å². The van der Waals surface area contributed by atoms with E-state index < -0.39 is 0 Å². The highest BCUT2D eigenvalue weighted by molar-refractivity contribution is 5.74. The molecular weight excluding hydrogens is 280 g/mol. The maximum Gasteiger partial charge on any atom is 0.318 e. The molecule has 1 saturated heterocycles. The van der Waals surface area contributed by atoms with Crippen molar-refractivity contribution in [3.8, 4) is 5.75 Å². The lowest BCUT2D eigenvalue weighted by molar-refractivity contribution is 0.00463. The molecule has 1 unspecified atom stereocenters. The van der Waals surface area contributed by atoms with Crippen LogP contribution in [0.1, 0.15) is 24.0 Å². The molecule has 2 aliphatic rings. The highest BCUT2D eigenvalue weighted by Gasteiger charge is 2.39. The Morgan fingerprint density at radius 3 is 3.00 bits per heavy atom. The second kappa shape index (κ2) is 6.57. The van der Waals surface area contributed by atoms with Crippen LogP contribution in [-0.4, -0.2) is 43.8 Å². The quantitative estimate of drug-likeness (QED) is 0.929. The number of benzene rings is 1. The molecule has 120 valence electrons. The molecule has 3 rings (SSSR count). The van der Waals surface area contributed by atoms with Gasteiger partial charge >= 0.3 is 6.03 Å². The Kier molecular flexibility index (Phi) is 4.52. The molecule has 1 heterocycles. The van der Waals surface area contributed by atoms with E-state index in [1.807, 2.05) is 30.0 Å². The zero-order valence-corrected chi connectivity index (χ0v) is 13.3. The van der Waals surface area contributed by atoms with Crippen LogP contribution in [0.4, 0.5) is 4.79 Å². The zero-order chi connectivity index (χ0) is 15.5. The molecule has 2 fully saturated rings. The fourth-order valence-electron chi connectivity index (χ4n) is 3.00. The van der Waals surface area contributed by atoms with Gasteiger partial charge < -0.3 is 19.7 Å². The molecule has 5 nitrogen and oxygen atoms in total. The van der Waals surface area contributed by atoms with Crippen molar-refractivity contribution >= 4 is 6.03 Å². The van der Waals surface area contributed by atoms with Gasteiger partial charge in [0.2, 0.25) is 0 Å². The Labute approximate surface area is 131 Å². The van der Waals surface area contributed by atoms with Crippen LogP contribution in [0.3, 0.4) is 0 Å². The molecule has 1 aliphatic carbocycles. The van der Waals surface area contributed by atoms with E-state index >= 15 is 0 Å². The Balaban J connectivity index is 1.59. The smallest absolute Gasteiger partial charge is 0.318 e. The van der Waals surface area contributed by atoms with Gasteiger partial charge in [-0.2, -0.15) is 0 Å². The maximum absolute atomic E-state index is 12.5. The first-order valence-electron chi connectivity index (χ1n) is 7.95. The largest absolute Gasteiger partial charge is 0.496 e. The normalized spacial score (nSPS) is 21.5. The number of rotatable bonds is 4. The number of amides is 2. The Morgan fingerprint density at radius 2 is 2.27 bits per heavy atom. The first kappa shape index (κ1) is 15.2. The van der Waals surface area contributed by atoms with E-state index in [-0.39, 0.29) is 12.1 Å². The van der Waals surface area contributed by atoms with Crippen molar-refractivity contribution in [2.75, 3.05) is 26.9 Å². The van der Waals surface area contributed by atoms with Gasteiger partial charge in [0, 0.05) is 13.1 Å². The summed E-state index contributed by atoms with van der Waals surface area (Å²) in [4.78, 5) is 14.4. The van der Waals surface area contributed by atoms with Gasteiger partial charge in [-0.3, -0.25) is 0 Å². The molecule has 0 aromatic heterocycles. The topological polar surface area (TPSA) is 50.8 Å². The molecule has 0 radical (unpaired) electrons. The molecular formula is C17H24N2O3. The van der Waals surface area contributed by atoms with E-state index in [9.17, 15) is 4.79 Å². The lowest BCUT2D eigenvalue weighted by Crippen LogP contribution is -2.53. The summed E-state index contributed by atoms with van der Waals surface area (Å²) in [5.41, 5.74) is 2.14. The van der Waals surface area contributed by atoms with Gasteiger partial charge in [0.25, 0.3) is 0 Å². The molecule has 1 N–H and O–H groups in total. The standard InChI is InChI=1S/C17H24N2O3/c1-12-3-4-13(9-16(12)21-2)10-18-17(20)19-7-8-22-11-15(19)14-5-6-14/h3-4,9,14-15H,5-8,10-11H2,1-2H3,(H,18,20). The summed E-state index contributed by atoms with van der Waals surface area (Å²) in [6.07, 6.45) is 2.43. The second-order valence-corrected chi connectivity index (χ2v) is 6.14. The fourth-order valence-corrected chi connectivity index (χ4v) is 3.00. The van der Waals surface area contributed by atoms with E-state index in [1.54, 1.807) is 7.11 Å². The molecule has 22 heavy (non-hydrogen) atoms. The molecule has 2 amide bonds. The van der Waals surface area contributed by atoms with Gasteiger partial charge in [0.15, 0.2) is 0 Å². The summed E-state index contributed by atoms with van der Waals surface area (Å²) in [7, 11) is 1.67. The van der Waals surface area contributed by atoms with Crippen molar-refractivity contribution in [1.82, 2.24) is 10.2 Å². The van der Waals surface area contributed by atoms with Crippen molar-refractivity contribution in [3.05, 3.63) is 29.3 Å². The van der Waals surface area contributed by atoms with Gasteiger partial charge in [0.1, 0.15) is 5.75 Å². The van der Waals surface area contributed by atoms with E-state index in [1.165, 1.54) is 12.8 Å². The second-order valence-electron chi connectivity index (χ2n) is 6.14. The molecule has 1 aromatic carbocycles. The SMILES string of the molecule is COc1cc(CNC(=O)N2CCOCC2C2CC2)ccc1C. The van der Waals surface area contributed by atoms with E-state index in [4.69, 9.17) is 9.47 Å². The van der Waals surface area contributed by atoms with Gasteiger partial charge in [-0.05, 0) is 42.9 Å². The van der Waals surface area contributed by atoms with E-state index in [2.05, 4.69) is 5.32 Å². The average molecular weight is 304 g/mol. The Morgan fingerprint density at radius 1 is 1.45 bits per heavy atom. The van der Waals surface area contributed by atoms with Crippen LogP contribution in [0.2, 0.25) is 0 Å². The number of urea groups is 1. The molecule has 1 aromatic rings. The number of aryl methyl sites for hydroxylation is 1. The molecule has 5 heteroatoms. The number of carbonyl (C=O) groups excluding carboxylic acids is 1. The van der Waals surface area contributed by atoms with Gasteiger partial charge in [-0.1, -0.05) is 12.1 Å². The lowest BCUT2D eigenvalue weighted by Gasteiger charge is -2.35. The highest BCUT2D eigenvalue weighted by atomic mass is 16.5. The van der Waals surface area contributed by atoms with Crippen LogP contribution in [-0.2, 0) is 11.3 Å². The minimum atomic E-state index is 0.0136. The number of ether oxygens (including phenoxy) is 2. The first-order chi connectivity index (χ1) is 10.7. The maximum atomic E-state index is 12.5. The van der Waals surface area contributed by atoms with Gasteiger partial charge in [-0.25, -0.2) is 4.79 Å². The summed E-state index contributed by atoms with van der Waals surface area (Å²) < 4.78 is 10.9. The third-order valence-electron chi connectivity index (χ3n) is 4.51. The number of hydrogen-bond donors (Lipinski definition) is 1. The van der Waals surface area contributed by atoms with Crippen LogP contribution in [0.15, 0.2) is 18.2 Å². The minimum Gasteiger partial charge on any atom is -0.496 e. The Hall–Kier alpha value is -1.75. The van der Waals surface area contributed by atoms with Crippen molar-refractivity contribution < 1.29 is 14.3 Å². The summed E-state index contributed by atoms with van der Waals surface area (Å²) in [5, 5.41) is 3.03. The van der Waals surface area contributed by atoms with Gasteiger partial charge in [0.05, 0.1) is 26.4 Å². The average Bonchev–Trinajstić information content (AvgIpc) is 3.38. The fraction of sp³-hybridized carbons (Fsp3) is 0.588. The number of morpholine rings is 1. The van der Waals surface area contributed by atoms with Crippen molar-refractivity contribution in [3.63, 3.8) is 0 Å². The van der Waals surface area contributed by atoms with Crippen LogP contribution in [0.25, 0.3) is 0 Å². The van der Waals surface area contributed by atoms with E-state index in [0.29, 0.717) is 32.2 Å². The van der Waals surface area contributed by atoms with Crippen molar-refractivity contribution in [1.29, 1.82) is 0 Å². The van der Waals surface area contributed by atoms with Crippen molar-refractivity contribution in [2.45, 2.75) is 32.4 Å². The third-order valence-corrected chi connectivity index (χ3v) is 4.51. The summed E-state index contributed by atoms with van der Waals surface area (Å²) in [5.74, 6) is 1.49. The first-order valence-corrected chi connectivity index (χ1v) is 7.95. The predicted molar refractivity (Wildman–Crippen MR) is 84.0 cm³/mol. The summed E-state index contributed by atoms with van der Waals surface area (Å²) in [6.45, 7) is 4.52. The number of nitrogens with one attached hydrogen (secondary N) is 1. The van der Waals surface area contributed by atoms with Crippen LogP contribution in [0, 0.1) is 12.8 Å². The molecule has 0 spiro atoms. The van der Waals surface area contributed by atoms with E-state index in [0.717, 1.165) is 16.9 Å². The zero-order valence-electron chi connectivity index (χ0n) is 13.3. The predicted octanol–water partition coefficient (Wildman–Crippen LogP) is 2.32. The highest BCUT2D eigenvalue weighted by Crippen LogP contribution is 2.36. The Bertz CT molecular complexity index is 543. The monoisotopic (exact) mass is 304 g/mol. The van der Waals surface area contributed by atoms with Crippen molar-refractivity contribution in [2.24, 2.45) is 5.92 Å². The number of methoxy groups -OCH3 is 1. The molecule has 1 atom stereocenters. The van der Waals surface area contributed by atoms with Crippen LogP contribution in [0.5, 0.6) is 5.75 Å². The minimum absolute atomic E-state index is 0.0136. The number of nitrogens with zero attached hydrogens (tertiary/aromatic N) is 1. The number of carbonyl (C=O) groups is 1. The molecule has 0 bridgehead atoms. The van der Waals surface area contributed by atoms with Gasteiger partial charge in [-0.15, -0.1) is 0 Å². The summed E-state index contributed by atoms with van der Waals surface area (Å²) >= 11 is 0. The third kappa shape index (κ3) is 3.35. The molecule has 1 aliphatic heterocycles. The lowest BCUT2D eigenvalue weighted by atomic mass is 10.1.